The summed E-state index contributed by atoms with van der Waals surface area (Å²) < 4.78 is 4.61. The van der Waals surface area contributed by atoms with Crippen molar-refractivity contribution in [3.05, 3.63) is 0 Å². The molecule has 0 aromatic carbocycles. The first-order valence-electron chi connectivity index (χ1n) is 7.96. The first-order valence-corrected chi connectivity index (χ1v) is 7.96. The lowest BCUT2D eigenvalue weighted by molar-refractivity contribution is -0.150. The molecule has 138 valence electrons. The van der Waals surface area contributed by atoms with Crippen LogP contribution >= 0.6 is 0 Å². The normalized spacial score (nSPS) is 12.2. The van der Waals surface area contributed by atoms with Gasteiger partial charge in [-0.3, -0.25) is 24.0 Å². The van der Waals surface area contributed by atoms with Gasteiger partial charge in [-0.05, 0) is 47.5 Å². The second-order valence-corrected chi connectivity index (χ2v) is 5.48. The van der Waals surface area contributed by atoms with Crippen LogP contribution in [-0.4, -0.2) is 41.0 Å². The summed E-state index contributed by atoms with van der Waals surface area (Å²) in [6, 6.07) is 0. The zero-order chi connectivity index (χ0) is 19.3. The molecule has 0 bridgehead atoms. The second-order valence-electron chi connectivity index (χ2n) is 5.48. The summed E-state index contributed by atoms with van der Waals surface area (Å²) in [7, 11) is 0. The van der Waals surface area contributed by atoms with E-state index in [4.69, 9.17) is 5.11 Å². The zero-order valence-electron chi connectivity index (χ0n) is 15.1. The lowest BCUT2D eigenvalue weighted by Crippen LogP contribution is -2.20. The first kappa shape index (κ1) is 24.2. The Hall–Kier alpha value is -2.05. The van der Waals surface area contributed by atoms with Crippen LogP contribution in [0.25, 0.3) is 0 Å². The Morgan fingerprint density at radius 2 is 1.33 bits per heavy atom. The van der Waals surface area contributed by atoms with Gasteiger partial charge >= 0.3 is 11.9 Å². The Kier molecular flexibility index (Phi) is 13.5. The molecule has 0 saturated carbocycles. The molecule has 0 aliphatic heterocycles. The molecular formula is C17H28O7. The van der Waals surface area contributed by atoms with E-state index in [1.54, 1.807) is 20.8 Å². The third-order valence-corrected chi connectivity index (χ3v) is 3.41. The molecule has 0 aromatic heterocycles. The fourth-order valence-corrected chi connectivity index (χ4v) is 1.45. The van der Waals surface area contributed by atoms with Crippen LogP contribution in [0.5, 0.6) is 0 Å². The van der Waals surface area contributed by atoms with E-state index in [-0.39, 0.29) is 23.8 Å². The lowest BCUT2D eigenvalue weighted by Gasteiger charge is -2.05. The highest BCUT2D eigenvalue weighted by Gasteiger charge is 2.18. The van der Waals surface area contributed by atoms with E-state index in [0.717, 1.165) is 0 Å². The molecule has 7 nitrogen and oxygen atoms in total. The van der Waals surface area contributed by atoms with Crippen molar-refractivity contribution < 1.29 is 33.8 Å². The summed E-state index contributed by atoms with van der Waals surface area (Å²) in [5, 5.41) is 8.34. The molecule has 0 aromatic rings. The highest BCUT2D eigenvalue weighted by molar-refractivity contribution is 6.00. The van der Waals surface area contributed by atoms with Crippen molar-refractivity contribution in [2.24, 2.45) is 11.8 Å². The van der Waals surface area contributed by atoms with Gasteiger partial charge < -0.3 is 9.84 Å². The monoisotopic (exact) mass is 344 g/mol. The average Bonchev–Trinajstić information content (AvgIpc) is 2.50. The molecule has 0 spiro atoms. The van der Waals surface area contributed by atoms with Gasteiger partial charge in [-0.1, -0.05) is 0 Å². The molecular weight excluding hydrogens is 316 g/mol. The number of ketones is 3. The fraction of sp³-hybridized carbons (Fsp3) is 0.706. The van der Waals surface area contributed by atoms with Crippen LogP contribution in [0, 0.1) is 11.8 Å². The maximum atomic E-state index is 11.3. The van der Waals surface area contributed by atoms with Gasteiger partial charge in [0.05, 0.1) is 12.5 Å². The van der Waals surface area contributed by atoms with E-state index < -0.39 is 23.8 Å². The first-order chi connectivity index (χ1) is 11.0. The van der Waals surface area contributed by atoms with Crippen LogP contribution in [0.2, 0.25) is 0 Å². The summed E-state index contributed by atoms with van der Waals surface area (Å²) in [5.41, 5.74) is 0. The maximum Gasteiger partial charge on any atom is 0.316 e. The van der Waals surface area contributed by atoms with E-state index in [2.05, 4.69) is 4.74 Å². The minimum atomic E-state index is -0.850. The van der Waals surface area contributed by atoms with Gasteiger partial charge in [0.25, 0.3) is 0 Å². The van der Waals surface area contributed by atoms with E-state index in [0.29, 0.717) is 25.9 Å². The number of carbonyl (C=O) groups is 5. The SMILES string of the molecule is CC(=O)C(C)C(=O)CCCCC(=O)O.CCOC(=O)C(C)C(C)=O. The van der Waals surface area contributed by atoms with Gasteiger partial charge in [0.15, 0.2) is 0 Å². The molecule has 0 rings (SSSR count). The van der Waals surface area contributed by atoms with Gasteiger partial charge in [-0.25, -0.2) is 0 Å². The molecule has 0 saturated heterocycles. The highest BCUT2D eigenvalue weighted by Crippen LogP contribution is 2.07. The van der Waals surface area contributed by atoms with Crippen LogP contribution in [0.4, 0.5) is 0 Å². The Balaban J connectivity index is 0. The van der Waals surface area contributed by atoms with Crippen molar-refractivity contribution >= 4 is 29.3 Å². The van der Waals surface area contributed by atoms with E-state index >= 15 is 0 Å². The van der Waals surface area contributed by atoms with Crippen LogP contribution in [0.1, 0.15) is 60.3 Å². The number of hydrogen-bond acceptors (Lipinski definition) is 6. The van der Waals surface area contributed by atoms with Gasteiger partial charge in [-0.2, -0.15) is 0 Å². The third kappa shape index (κ3) is 12.5. The predicted octanol–water partition coefficient (Wildman–Crippen LogP) is 2.20. The van der Waals surface area contributed by atoms with Crippen LogP contribution in [0.15, 0.2) is 0 Å². The molecule has 7 heteroatoms. The van der Waals surface area contributed by atoms with Crippen molar-refractivity contribution in [2.75, 3.05) is 6.61 Å². The number of hydrogen-bond donors (Lipinski definition) is 1. The van der Waals surface area contributed by atoms with E-state index in [1.807, 2.05) is 0 Å². The number of carboxylic acids is 1. The summed E-state index contributed by atoms with van der Waals surface area (Å²) >= 11 is 0. The maximum absolute atomic E-state index is 11.3. The molecule has 2 unspecified atom stereocenters. The molecule has 2 atom stereocenters. The third-order valence-electron chi connectivity index (χ3n) is 3.41. The number of carboxylic acid groups (broad SMARTS) is 1. The number of carbonyl (C=O) groups excluding carboxylic acids is 4. The largest absolute Gasteiger partial charge is 0.481 e. The molecule has 0 fully saturated rings. The standard InChI is InChI=1S/C10H16O4.C7H12O3/c1-7(8(2)11)9(12)5-3-4-6-10(13)14;1-4-10-7(9)5(2)6(3)8/h7H,3-6H2,1-2H3,(H,13,14);5H,4H2,1-3H3. The van der Waals surface area contributed by atoms with Gasteiger partial charge in [0.1, 0.15) is 23.3 Å². The van der Waals surface area contributed by atoms with Crippen LogP contribution < -0.4 is 0 Å². The minimum absolute atomic E-state index is 0.0851. The summed E-state index contributed by atoms with van der Waals surface area (Å²) in [6.45, 7) is 7.94. The van der Waals surface area contributed by atoms with Crippen molar-refractivity contribution in [2.45, 2.75) is 60.3 Å². The minimum Gasteiger partial charge on any atom is -0.481 e. The van der Waals surface area contributed by atoms with Gasteiger partial charge in [-0.15, -0.1) is 0 Å². The number of rotatable bonds is 10. The number of aliphatic carboxylic acids is 1. The molecule has 24 heavy (non-hydrogen) atoms. The molecule has 0 amide bonds. The zero-order valence-corrected chi connectivity index (χ0v) is 15.1. The summed E-state index contributed by atoms with van der Waals surface area (Å²) in [6.07, 6.45) is 1.42. The van der Waals surface area contributed by atoms with Crippen LogP contribution in [0.3, 0.4) is 0 Å². The molecule has 0 heterocycles. The Bertz CT molecular complexity index is 454. The van der Waals surface area contributed by atoms with Crippen molar-refractivity contribution in [1.82, 2.24) is 0 Å². The fourth-order valence-electron chi connectivity index (χ4n) is 1.45. The number of unbranched alkanes of at least 4 members (excludes halogenated alkanes) is 1. The molecule has 1 N–H and O–H groups in total. The molecule has 0 radical (unpaired) electrons. The van der Waals surface area contributed by atoms with Gasteiger partial charge in [0, 0.05) is 12.8 Å². The smallest absolute Gasteiger partial charge is 0.316 e. The van der Waals surface area contributed by atoms with Crippen molar-refractivity contribution in [1.29, 1.82) is 0 Å². The lowest BCUT2D eigenvalue weighted by atomic mass is 9.98. The van der Waals surface area contributed by atoms with Crippen LogP contribution in [-0.2, 0) is 28.7 Å². The quantitative estimate of drug-likeness (QED) is 0.367. The van der Waals surface area contributed by atoms with E-state index in [1.165, 1.54) is 13.8 Å². The number of esters is 1. The molecule has 0 aliphatic carbocycles. The Morgan fingerprint density at radius 1 is 0.875 bits per heavy atom. The van der Waals surface area contributed by atoms with Crippen molar-refractivity contribution in [3.63, 3.8) is 0 Å². The van der Waals surface area contributed by atoms with Gasteiger partial charge in [0.2, 0.25) is 0 Å². The second kappa shape index (κ2) is 13.4. The Labute approximate surface area is 142 Å². The summed E-state index contributed by atoms with van der Waals surface area (Å²) in [5.74, 6) is -2.82. The predicted molar refractivity (Wildman–Crippen MR) is 87.4 cm³/mol. The number of ether oxygens (including phenoxy) is 1. The Morgan fingerprint density at radius 3 is 1.71 bits per heavy atom. The number of Topliss-reactive ketones (excluding diaryl/α,β-unsaturated/α-hetero) is 3. The highest BCUT2D eigenvalue weighted by atomic mass is 16.5. The van der Waals surface area contributed by atoms with E-state index in [9.17, 15) is 24.0 Å². The van der Waals surface area contributed by atoms with Crippen molar-refractivity contribution in [3.8, 4) is 0 Å². The summed E-state index contributed by atoms with van der Waals surface area (Å²) in [4.78, 5) is 53.5. The molecule has 0 aliphatic rings. The average molecular weight is 344 g/mol. The topological polar surface area (TPSA) is 115 Å².